The molecule has 1 spiro atoms. The fourth-order valence-electron chi connectivity index (χ4n) is 5.93. The SMILES string of the molecule is C=CCCC(=O)NC[C@H](C)OC(=O)[C@H]1[C@@H]2O[C@@]3(CC2Br)[C@@H]1C(=O)N([C@H](C)CO)[C@@H]3C(=O)N(CC=C)C(C)C. The van der Waals surface area contributed by atoms with Gasteiger partial charge in [-0.15, -0.1) is 13.2 Å². The first-order valence-corrected chi connectivity index (χ1v) is 14.1. The van der Waals surface area contributed by atoms with E-state index in [1.807, 2.05) is 13.8 Å². The summed E-state index contributed by atoms with van der Waals surface area (Å²) in [6.07, 6.45) is 3.19. The number of esters is 1. The Kier molecular flexibility index (Phi) is 9.81. The van der Waals surface area contributed by atoms with E-state index in [-0.39, 0.29) is 42.4 Å². The van der Waals surface area contributed by atoms with Gasteiger partial charge in [0.1, 0.15) is 17.7 Å². The van der Waals surface area contributed by atoms with Gasteiger partial charge in [-0.05, 0) is 40.5 Å². The molecule has 0 aliphatic carbocycles. The van der Waals surface area contributed by atoms with E-state index in [4.69, 9.17) is 9.47 Å². The van der Waals surface area contributed by atoms with Gasteiger partial charge < -0.3 is 29.7 Å². The number of nitrogens with zero attached hydrogens (tertiary/aromatic N) is 2. The van der Waals surface area contributed by atoms with Crippen LogP contribution in [-0.4, -0.2) is 99.1 Å². The third kappa shape index (κ3) is 5.42. The van der Waals surface area contributed by atoms with Gasteiger partial charge in [-0.25, -0.2) is 0 Å². The minimum atomic E-state index is -1.24. The van der Waals surface area contributed by atoms with Crippen LogP contribution < -0.4 is 5.32 Å². The fraction of sp³-hybridized carbons (Fsp3) is 0.704. The topological polar surface area (TPSA) is 125 Å². The molecule has 3 amide bonds. The average Bonchev–Trinajstić information content (AvgIpc) is 3.46. The number of likely N-dealkylation sites (tertiary alicyclic amines) is 1. The van der Waals surface area contributed by atoms with Crippen LogP contribution in [0, 0.1) is 11.8 Å². The van der Waals surface area contributed by atoms with Gasteiger partial charge in [0.25, 0.3) is 0 Å². The molecule has 38 heavy (non-hydrogen) atoms. The highest BCUT2D eigenvalue weighted by Crippen LogP contribution is 2.60. The Bertz CT molecular complexity index is 959. The molecule has 2 N–H and O–H groups in total. The average molecular weight is 599 g/mol. The highest BCUT2D eigenvalue weighted by molar-refractivity contribution is 9.09. The van der Waals surface area contributed by atoms with Gasteiger partial charge in [-0.2, -0.15) is 0 Å². The van der Waals surface area contributed by atoms with Crippen molar-refractivity contribution in [2.45, 2.75) is 87.7 Å². The highest BCUT2D eigenvalue weighted by Gasteiger charge is 2.77. The first-order chi connectivity index (χ1) is 17.9. The second kappa shape index (κ2) is 12.3. The summed E-state index contributed by atoms with van der Waals surface area (Å²) in [5.41, 5.74) is -1.24. The number of hydrogen-bond acceptors (Lipinski definition) is 7. The largest absolute Gasteiger partial charge is 0.460 e. The summed E-state index contributed by atoms with van der Waals surface area (Å²) in [5.74, 6) is -3.35. The predicted octanol–water partition coefficient (Wildman–Crippen LogP) is 1.55. The summed E-state index contributed by atoms with van der Waals surface area (Å²) in [6.45, 7) is 14.5. The van der Waals surface area contributed by atoms with E-state index in [0.29, 0.717) is 19.3 Å². The minimum Gasteiger partial charge on any atom is -0.460 e. The van der Waals surface area contributed by atoms with Gasteiger partial charge in [0.15, 0.2) is 0 Å². The normalized spacial score (nSPS) is 31.1. The van der Waals surface area contributed by atoms with Crippen molar-refractivity contribution in [1.82, 2.24) is 15.1 Å². The molecule has 3 aliphatic heterocycles. The lowest BCUT2D eigenvalue weighted by atomic mass is 9.70. The Morgan fingerprint density at radius 2 is 1.97 bits per heavy atom. The van der Waals surface area contributed by atoms with Crippen molar-refractivity contribution in [3.05, 3.63) is 25.3 Å². The lowest BCUT2D eigenvalue weighted by Gasteiger charge is -2.39. The van der Waals surface area contributed by atoms with Crippen molar-refractivity contribution in [2.24, 2.45) is 11.8 Å². The standard InChI is InChI=1S/C27H40BrN3O7/c1-7-9-10-19(33)29-13-17(6)37-26(36)20-21-24(34)31(16(5)14-32)23(25(35)30(11-8-2)15(3)4)27(21)12-18(28)22(20)38-27/h7-8,15-18,20-23,32H,1-2,9-14H2,3-6H3,(H,29,33)/t16-,17+,18?,20-,21+,22-,23-,27+/m1/s1. The number of alkyl halides is 1. The molecule has 3 fully saturated rings. The molecule has 3 aliphatic rings. The van der Waals surface area contributed by atoms with Crippen LogP contribution in [0.3, 0.4) is 0 Å². The van der Waals surface area contributed by atoms with Crippen LogP contribution in [0.25, 0.3) is 0 Å². The molecule has 8 atom stereocenters. The maximum atomic E-state index is 14.0. The number of carbonyl (C=O) groups is 4. The number of aliphatic hydroxyl groups is 1. The van der Waals surface area contributed by atoms with Crippen LogP contribution in [-0.2, 0) is 28.7 Å². The van der Waals surface area contributed by atoms with Gasteiger partial charge in [0.2, 0.25) is 17.7 Å². The lowest BCUT2D eigenvalue weighted by molar-refractivity contribution is -0.160. The third-order valence-electron chi connectivity index (χ3n) is 7.68. The highest BCUT2D eigenvalue weighted by atomic mass is 79.9. The molecule has 0 radical (unpaired) electrons. The molecule has 212 valence electrons. The maximum absolute atomic E-state index is 14.0. The number of allylic oxidation sites excluding steroid dienone is 1. The molecular weight excluding hydrogens is 558 g/mol. The Balaban J connectivity index is 1.89. The Morgan fingerprint density at radius 3 is 2.55 bits per heavy atom. The molecule has 0 saturated carbocycles. The molecule has 10 nitrogen and oxygen atoms in total. The molecule has 0 aromatic heterocycles. The second-order valence-electron chi connectivity index (χ2n) is 10.7. The first-order valence-electron chi connectivity index (χ1n) is 13.2. The van der Waals surface area contributed by atoms with Crippen molar-refractivity contribution in [1.29, 1.82) is 0 Å². The summed E-state index contributed by atoms with van der Waals surface area (Å²) in [5, 5.41) is 12.7. The van der Waals surface area contributed by atoms with Gasteiger partial charge in [-0.3, -0.25) is 19.2 Å². The van der Waals surface area contributed by atoms with Gasteiger partial charge >= 0.3 is 5.97 Å². The molecule has 0 aromatic rings. The van der Waals surface area contributed by atoms with E-state index in [9.17, 15) is 24.3 Å². The molecule has 3 rings (SSSR count). The number of amides is 3. The summed E-state index contributed by atoms with van der Waals surface area (Å²) < 4.78 is 12.1. The zero-order valence-corrected chi connectivity index (χ0v) is 24.2. The summed E-state index contributed by atoms with van der Waals surface area (Å²) in [6, 6.07) is -1.83. The third-order valence-corrected chi connectivity index (χ3v) is 8.53. The van der Waals surface area contributed by atoms with E-state index in [1.54, 1.807) is 30.9 Å². The number of aliphatic hydroxyl groups excluding tert-OH is 1. The van der Waals surface area contributed by atoms with Gasteiger partial charge in [-0.1, -0.05) is 28.1 Å². The van der Waals surface area contributed by atoms with Crippen LogP contribution in [0.15, 0.2) is 25.3 Å². The van der Waals surface area contributed by atoms with E-state index < -0.39 is 53.6 Å². The quantitative estimate of drug-likeness (QED) is 0.187. The number of halogens is 1. The van der Waals surface area contributed by atoms with Crippen LogP contribution in [0.4, 0.5) is 0 Å². The Hall–Kier alpha value is -2.24. The zero-order chi connectivity index (χ0) is 28.4. The molecule has 1 unspecified atom stereocenters. The first kappa shape index (κ1) is 30.3. The predicted molar refractivity (Wildman–Crippen MR) is 144 cm³/mol. The summed E-state index contributed by atoms with van der Waals surface area (Å²) in [4.78, 5) is 56.1. The Labute approximate surface area is 232 Å². The zero-order valence-electron chi connectivity index (χ0n) is 22.6. The fourth-order valence-corrected chi connectivity index (χ4v) is 6.87. The monoisotopic (exact) mass is 597 g/mol. The lowest BCUT2D eigenvalue weighted by Crippen LogP contribution is -2.59. The summed E-state index contributed by atoms with van der Waals surface area (Å²) in [7, 11) is 0. The molecule has 2 bridgehead atoms. The number of carbonyl (C=O) groups excluding carboxylic acids is 4. The van der Waals surface area contributed by atoms with Crippen molar-refractivity contribution in [3.8, 4) is 0 Å². The van der Waals surface area contributed by atoms with Gasteiger partial charge in [0.05, 0.1) is 37.1 Å². The van der Waals surface area contributed by atoms with Crippen LogP contribution in [0.5, 0.6) is 0 Å². The second-order valence-corrected chi connectivity index (χ2v) is 11.9. The molecule has 0 aromatic carbocycles. The molecule has 3 heterocycles. The smallest absolute Gasteiger partial charge is 0.312 e. The van der Waals surface area contributed by atoms with Gasteiger partial charge in [0, 0.05) is 23.8 Å². The van der Waals surface area contributed by atoms with E-state index in [1.165, 1.54) is 4.90 Å². The van der Waals surface area contributed by atoms with Crippen LogP contribution >= 0.6 is 15.9 Å². The number of rotatable bonds is 13. The van der Waals surface area contributed by atoms with Crippen molar-refractivity contribution in [2.75, 3.05) is 19.7 Å². The number of hydrogen-bond donors (Lipinski definition) is 2. The Morgan fingerprint density at radius 1 is 1.29 bits per heavy atom. The molecular formula is C27H40BrN3O7. The van der Waals surface area contributed by atoms with E-state index in [0.717, 1.165) is 0 Å². The van der Waals surface area contributed by atoms with Crippen molar-refractivity contribution >= 4 is 39.6 Å². The minimum absolute atomic E-state index is 0.126. The number of ether oxygens (including phenoxy) is 2. The summed E-state index contributed by atoms with van der Waals surface area (Å²) >= 11 is 3.62. The van der Waals surface area contributed by atoms with Crippen molar-refractivity contribution < 1.29 is 33.8 Å². The molecule has 3 saturated heterocycles. The van der Waals surface area contributed by atoms with Crippen LogP contribution in [0.1, 0.15) is 47.0 Å². The van der Waals surface area contributed by atoms with E-state index >= 15 is 0 Å². The molecule has 11 heteroatoms. The number of fused-ring (bicyclic) bond motifs is 1. The number of nitrogens with one attached hydrogen (secondary N) is 1. The van der Waals surface area contributed by atoms with E-state index in [2.05, 4.69) is 34.4 Å². The maximum Gasteiger partial charge on any atom is 0.312 e. The van der Waals surface area contributed by atoms with Crippen molar-refractivity contribution in [3.63, 3.8) is 0 Å². The van der Waals surface area contributed by atoms with Crippen LogP contribution in [0.2, 0.25) is 0 Å².